The Hall–Kier alpha value is -0.450. The van der Waals surface area contributed by atoms with Gasteiger partial charge in [0.2, 0.25) is 0 Å². The summed E-state index contributed by atoms with van der Waals surface area (Å²) in [6, 6.07) is 1.65. The number of ether oxygens (including phenoxy) is 1. The van der Waals surface area contributed by atoms with E-state index in [1.54, 1.807) is 17.8 Å². The van der Waals surface area contributed by atoms with E-state index in [-0.39, 0.29) is 10.7 Å². The third kappa shape index (κ3) is 3.00. The molecule has 0 aliphatic carbocycles. The lowest BCUT2D eigenvalue weighted by molar-refractivity contribution is 0.0594. The maximum Gasteiger partial charge on any atom is 0.358 e. The van der Waals surface area contributed by atoms with Crippen LogP contribution in [-0.4, -0.2) is 24.3 Å². The molecule has 0 atom stereocenters. The summed E-state index contributed by atoms with van der Waals surface area (Å²) in [6.07, 6.45) is 1.93. The quantitative estimate of drug-likeness (QED) is 0.788. The van der Waals surface area contributed by atoms with Gasteiger partial charge in [0, 0.05) is 5.75 Å². The Bertz CT molecular complexity index is 385. The predicted molar refractivity (Wildman–Crippen MR) is 62.8 cm³/mol. The lowest BCUT2D eigenvalue weighted by Gasteiger charge is -2.06. The van der Waals surface area contributed by atoms with Crippen LogP contribution in [0.5, 0.6) is 0 Å². The Labute approximate surface area is 102 Å². The molecule has 0 amide bonds. The number of hydrogen-bond donors (Lipinski definition) is 0. The number of thioether (sulfide) groups is 1. The van der Waals surface area contributed by atoms with E-state index in [1.165, 1.54) is 7.11 Å². The Kier molecular flexibility index (Phi) is 4.70. The van der Waals surface area contributed by atoms with Crippen LogP contribution in [-0.2, 0) is 10.5 Å². The zero-order valence-electron chi connectivity index (χ0n) is 8.21. The summed E-state index contributed by atoms with van der Waals surface area (Å²) in [7, 11) is 1.27. The van der Waals surface area contributed by atoms with Crippen molar-refractivity contribution in [2.75, 3.05) is 13.4 Å². The molecule has 0 aliphatic heterocycles. The molecule has 0 aliphatic rings. The van der Waals surface area contributed by atoms with Crippen LogP contribution in [0.25, 0.3) is 0 Å². The first-order valence-corrected chi connectivity index (χ1v) is 6.17. The third-order valence-electron chi connectivity index (χ3n) is 1.64. The van der Waals surface area contributed by atoms with Gasteiger partial charge in [-0.15, -0.1) is 0 Å². The highest BCUT2D eigenvalue weighted by atomic mass is 35.5. The van der Waals surface area contributed by atoms with Crippen LogP contribution in [0, 0.1) is 0 Å². The largest absolute Gasteiger partial charge is 0.464 e. The Morgan fingerprint density at radius 2 is 2.27 bits per heavy atom. The Balaban J connectivity index is 3.18. The zero-order chi connectivity index (χ0) is 11.4. The van der Waals surface area contributed by atoms with Gasteiger partial charge in [0.05, 0.1) is 22.8 Å². The maximum absolute atomic E-state index is 11.3. The summed E-state index contributed by atoms with van der Waals surface area (Å²) < 4.78 is 4.55. The molecule has 15 heavy (non-hydrogen) atoms. The first-order chi connectivity index (χ1) is 7.10. The molecule has 0 radical (unpaired) electrons. The molecule has 0 unspecified atom stereocenters. The molecular weight excluding hydrogens is 257 g/mol. The number of halogens is 2. The monoisotopic (exact) mass is 265 g/mol. The number of carbonyl (C=O) groups excluding carboxylic acids is 1. The van der Waals surface area contributed by atoms with E-state index in [0.717, 1.165) is 0 Å². The predicted octanol–water partition coefficient (Wildman–Crippen LogP) is 3.04. The number of pyridine rings is 1. The van der Waals surface area contributed by atoms with Crippen LogP contribution in [0.3, 0.4) is 0 Å². The summed E-state index contributed by atoms with van der Waals surface area (Å²) in [5.41, 5.74) is 0.771. The van der Waals surface area contributed by atoms with Gasteiger partial charge >= 0.3 is 5.97 Å². The van der Waals surface area contributed by atoms with Gasteiger partial charge in [-0.3, -0.25) is 0 Å². The molecule has 0 saturated heterocycles. The molecule has 1 heterocycles. The number of methoxy groups -OCH3 is 1. The average molecular weight is 266 g/mol. The van der Waals surface area contributed by atoms with Crippen molar-refractivity contribution in [2.45, 2.75) is 5.75 Å². The number of esters is 1. The summed E-state index contributed by atoms with van der Waals surface area (Å²) in [6.45, 7) is 0. The van der Waals surface area contributed by atoms with E-state index < -0.39 is 5.97 Å². The summed E-state index contributed by atoms with van der Waals surface area (Å²) >= 11 is 13.3. The minimum Gasteiger partial charge on any atom is -0.464 e. The molecule has 1 rings (SSSR count). The van der Waals surface area contributed by atoms with Crippen LogP contribution in [0.1, 0.15) is 16.2 Å². The molecule has 0 aromatic carbocycles. The van der Waals surface area contributed by atoms with Gasteiger partial charge in [0.1, 0.15) is 0 Å². The van der Waals surface area contributed by atoms with Gasteiger partial charge in [0.25, 0.3) is 0 Å². The standard InChI is InChI=1S/C9H9Cl2NO2S/c1-14-9(13)8-7(11)6(10)3-5(12-8)4-15-2/h3H,4H2,1-2H3. The van der Waals surface area contributed by atoms with Gasteiger partial charge in [-0.1, -0.05) is 23.2 Å². The second kappa shape index (κ2) is 5.58. The van der Waals surface area contributed by atoms with Crippen molar-refractivity contribution < 1.29 is 9.53 Å². The smallest absolute Gasteiger partial charge is 0.358 e. The number of hydrogen-bond acceptors (Lipinski definition) is 4. The molecule has 0 bridgehead atoms. The Morgan fingerprint density at radius 3 is 2.80 bits per heavy atom. The molecule has 82 valence electrons. The summed E-state index contributed by atoms with van der Waals surface area (Å²) in [5.74, 6) is 0.0887. The minimum atomic E-state index is -0.579. The molecule has 0 saturated carbocycles. The first-order valence-electron chi connectivity index (χ1n) is 4.02. The average Bonchev–Trinajstić information content (AvgIpc) is 2.22. The zero-order valence-corrected chi connectivity index (χ0v) is 10.5. The van der Waals surface area contributed by atoms with Crippen molar-refractivity contribution in [1.82, 2.24) is 4.98 Å². The molecule has 1 aromatic heterocycles. The molecule has 0 fully saturated rings. The molecule has 0 N–H and O–H groups in total. The van der Waals surface area contributed by atoms with Crippen molar-refractivity contribution in [3.8, 4) is 0 Å². The SMILES string of the molecule is COC(=O)c1nc(CSC)cc(Cl)c1Cl. The molecular formula is C9H9Cl2NO2S. The maximum atomic E-state index is 11.3. The molecule has 3 nitrogen and oxygen atoms in total. The second-order valence-electron chi connectivity index (χ2n) is 2.68. The molecule has 0 spiro atoms. The van der Waals surface area contributed by atoms with E-state index in [1.807, 2.05) is 6.26 Å². The minimum absolute atomic E-state index is 0.0655. The van der Waals surface area contributed by atoms with Crippen LogP contribution < -0.4 is 0 Å². The number of nitrogens with zero attached hydrogens (tertiary/aromatic N) is 1. The van der Waals surface area contributed by atoms with E-state index in [9.17, 15) is 4.79 Å². The van der Waals surface area contributed by atoms with Gasteiger partial charge in [-0.2, -0.15) is 11.8 Å². The van der Waals surface area contributed by atoms with Crippen LogP contribution in [0.2, 0.25) is 10.0 Å². The first kappa shape index (κ1) is 12.6. The molecule has 1 aromatic rings. The summed E-state index contributed by atoms with van der Waals surface area (Å²) in [4.78, 5) is 15.4. The van der Waals surface area contributed by atoms with Crippen LogP contribution in [0.15, 0.2) is 6.07 Å². The number of aromatic nitrogens is 1. The van der Waals surface area contributed by atoms with Crippen molar-refractivity contribution in [2.24, 2.45) is 0 Å². The fraction of sp³-hybridized carbons (Fsp3) is 0.333. The lowest BCUT2D eigenvalue weighted by atomic mass is 10.3. The van der Waals surface area contributed by atoms with Crippen LogP contribution >= 0.6 is 35.0 Å². The second-order valence-corrected chi connectivity index (χ2v) is 4.33. The third-order valence-corrected chi connectivity index (χ3v) is 3.00. The summed E-state index contributed by atoms with van der Waals surface area (Å²) in [5, 5.41) is 0.449. The Morgan fingerprint density at radius 1 is 1.60 bits per heavy atom. The highest BCUT2D eigenvalue weighted by molar-refractivity contribution is 7.97. The highest BCUT2D eigenvalue weighted by Gasteiger charge is 2.16. The fourth-order valence-electron chi connectivity index (χ4n) is 1.00. The molecule has 6 heteroatoms. The topological polar surface area (TPSA) is 39.2 Å². The van der Waals surface area contributed by atoms with Crippen molar-refractivity contribution in [3.05, 3.63) is 27.5 Å². The van der Waals surface area contributed by atoms with Gasteiger partial charge in [0.15, 0.2) is 5.69 Å². The van der Waals surface area contributed by atoms with Crippen LogP contribution in [0.4, 0.5) is 0 Å². The highest BCUT2D eigenvalue weighted by Crippen LogP contribution is 2.27. The van der Waals surface area contributed by atoms with Crippen molar-refractivity contribution in [1.29, 1.82) is 0 Å². The van der Waals surface area contributed by atoms with E-state index >= 15 is 0 Å². The van der Waals surface area contributed by atoms with Gasteiger partial charge in [-0.25, -0.2) is 9.78 Å². The van der Waals surface area contributed by atoms with Crippen molar-refractivity contribution in [3.63, 3.8) is 0 Å². The van der Waals surface area contributed by atoms with E-state index in [4.69, 9.17) is 23.2 Å². The van der Waals surface area contributed by atoms with E-state index in [2.05, 4.69) is 9.72 Å². The lowest BCUT2D eigenvalue weighted by Crippen LogP contribution is -2.07. The van der Waals surface area contributed by atoms with Gasteiger partial charge in [-0.05, 0) is 12.3 Å². The number of carbonyl (C=O) groups is 1. The normalized spacial score (nSPS) is 10.1. The number of rotatable bonds is 3. The van der Waals surface area contributed by atoms with Crippen molar-refractivity contribution >= 4 is 40.9 Å². The fourth-order valence-corrected chi connectivity index (χ4v) is 1.83. The van der Waals surface area contributed by atoms with Gasteiger partial charge < -0.3 is 4.74 Å². The van der Waals surface area contributed by atoms with E-state index in [0.29, 0.717) is 16.5 Å².